The molecule has 2 amide bonds. The molecule has 0 aromatic heterocycles. The molecule has 0 bridgehead atoms. The van der Waals surface area contributed by atoms with Gasteiger partial charge >= 0.3 is 0 Å². The SMILES string of the molecule is O=C1S/C(=C\c2cc(Br)ccc2OCc2ccccc2Cl)C(=O)N1Cc1cccc2ccccc12. The highest BCUT2D eigenvalue weighted by Crippen LogP contribution is 2.36. The number of imide groups is 1. The number of thioether (sulfide) groups is 1. The fourth-order valence-electron chi connectivity index (χ4n) is 3.91. The molecule has 4 aromatic rings. The van der Waals surface area contributed by atoms with Gasteiger partial charge in [0.1, 0.15) is 12.4 Å². The van der Waals surface area contributed by atoms with Crippen LogP contribution in [0, 0.1) is 0 Å². The van der Waals surface area contributed by atoms with Crippen LogP contribution in [0.15, 0.2) is 94.3 Å². The summed E-state index contributed by atoms with van der Waals surface area (Å²) in [4.78, 5) is 27.7. The fraction of sp³-hybridized carbons (Fsp3) is 0.0714. The number of carbonyl (C=O) groups excluding carboxylic acids is 2. The maximum atomic E-state index is 13.2. The number of benzene rings is 4. The molecule has 4 aromatic carbocycles. The summed E-state index contributed by atoms with van der Waals surface area (Å²) in [7, 11) is 0. The first kappa shape index (κ1) is 23.7. The highest BCUT2D eigenvalue weighted by atomic mass is 79.9. The minimum absolute atomic E-state index is 0.220. The van der Waals surface area contributed by atoms with E-state index in [4.69, 9.17) is 16.3 Å². The van der Waals surface area contributed by atoms with E-state index < -0.39 is 0 Å². The zero-order valence-corrected chi connectivity index (χ0v) is 21.6. The molecule has 0 saturated carbocycles. The number of nitrogens with zero attached hydrogens (tertiary/aromatic N) is 1. The Balaban J connectivity index is 1.40. The van der Waals surface area contributed by atoms with Crippen molar-refractivity contribution >= 4 is 67.3 Å². The van der Waals surface area contributed by atoms with Crippen LogP contribution in [0.5, 0.6) is 5.75 Å². The maximum absolute atomic E-state index is 13.2. The quantitative estimate of drug-likeness (QED) is 0.222. The van der Waals surface area contributed by atoms with Crippen LogP contribution in [0.4, 0.5) is 4.79 Å². The molecule has 0 unspecified atom stereocenters. The monoisotopic (exact) mass is 563 g/mol. The lowest BCUT2D eigenvalue weighted by Gasteiger charge is -2.14. The molecule has 1 heterocycles. The number of rotatable bonds is 6. The van der Waals surface area contributed by atoms with Gasteiger partial charge in [0.2, 0.25) is 0 Å². The Morgan fingerprint density at radius 1 is 0.914 bits per heavy atom. The predicted octanol–water partition coefficient (Wildman–Crippen LogP) is 8.07. The van der Waals surface area contributed by atoms with E-state index in [1.54, 1.807) is 6.08 Å². The van der Waals surface area contributed by atoms with Gasteiger partial charge in [0.15, 0.2) is 0 Å². The van der Waals surface area contributed by atoms with Crippen LogP contribution in [0.2, 0.25) is 5.02 Å². The van der Waals surface area contributed by atoms with Crippen LogP contribution in [0.1, 0.15) is 16.7 Å². The van der Waals surface area contributed by atoms with Gasteiger partial charge < -0.3 is 4.74 Å². The molecule has 0 aliphatic carbocycles. The van der Waals surface area contributed by atoms with Crippen molar-refractivity contribution in [2.24, 2.45) is 0 Å². The van der Waals surface area contributed by atoms with Crippen molar-refractivity contribution < 1.29 is 14.3 Å². The summed E-state index contributed by atoms with van der Waals surface area (Å²) in [5, 5.41) is 2.44. The van der Waals surface area contributed by atoms with Crippen molar-refractivity contribution in [3.63, 3.8) is 0 Å². The summed E-state index contributed by atoms with van der Waals surface area (Å²) in [6.45, 7) is 0.502. The van der Waals surface area contributed by atoms with E-state index in [0.29, 0.717) is 21.2 Å². The van der Waals surface area contributed by atoms with E-state index in [1.807, 2.05) is 84.9 Å². The molecule has 5 rings (SSSR count). The smallest absolute Gasteiger partial charge is 0.293 e. The average molecular weight is 565 g/mol. The van der Waals surface area contributed by atoms with Crippen molar-refractivity contribution in [3.8, 4) is 5.75 Å². The number of ether oxygens (including phenoxy) is 1. The molecule has 174 valence electrons. The second-order valence-corrected chi connectivity index (χ2v) is 10.3. The first-order chi connectivity index (χ1) is 17.0. The third kappa shape index (κ3) is 5.15. The summed E-state index contributed by atoms with van der Waals surface area (Å²) >= 11 is 10.7. The highest BCUT2D eigenvalue weighted by molar-refractivity contribution is 9.10. The Morgan fingerprint density at radius 3 is 2.51 bits per heavy atom. The molecule has 0 atom stereocenters. The Morgan fingerprint density at radius 2 is 1.66 bits per heavy atom. The molecule has 7 heteroatoms. The van der Waals surface area contributed by atoms with Gasteiger partial charge in [-0.05, 0) is 58.4 Å². The normalized spacial score (nSPS) is 14.8. The summed E-state index contributed by atoms with van der Waals surface area (Å²) in [5.74, 6) is 0.277. The first-order valence-corrected chi connectivity index (χ1v) is 12.9. The van der Waals surface area contributed by atoms with E-state index in [1.165, 1.54) is 4.90 Å². The molecule has 1 aliphatic heterocycles. The van der Waals surface area contributed by atoms with Crippen LogP contribution in [0.3, 0.4) is 0 Å². The minimum Gasteiger partial charge on any atom is -0.488 e. The Kier molecular flexibility index (Phi) is 6.95. The van der Waals surface area contributed by atoms with E-state index in [0.717, 1.165) is 38.1 Å². The summed E-state index contributed by atoms with van der Waals surface area (Å²) in [6.07, 6.45) is 1.71. The summed E-state index contributed by atoms with van der Waals surface area (Å²) in [5.41, 5.74) is 2.48. The number of fused-ring (bicyclic) bond motifs is 1. The molecule has 0 radical (unpaired) electrons. The van der Waals surface area contributed by atoms with E-state index in [9.17, 15) is 9.59 Å². The molecule has 4 nitrogen and oxygen atoms in total. The fourth-order valence-corrected chi connectivity index (χ4v) is 5.31. The van der Waals surface area contributed by atoms with Gasteiger partial charge in [0, 0.05) is 20.6 Å². The second-order valence-electron chi connectivity index (χ2n) is 7.97. The topological polar surface area (TPSA) is 46.6 Å². The molecule has 0 spiro atoms. The Hall–Kier alpha value is -3.06. The van der Waals surface area contributed by atoms with Crippen molar-refractivity contribution in [3.05, 3.63) is 116 Å². The predicted molar refractivity (Wildman–Crippen MR) is 145 cm³/mol. The number of halogens is 2. The Bertz CT molecular complexity index is 1480. The highest BCUT2D eigenvalue weighted by Gasteiger charge is 2.35. The molecule has 1 aliphatic rings. The van der Waals surface area contributed by atoms with Crippen LogP contribution in [-0.4, -0.2) is 16.0 Å². The van der Waals surface area contributed by atoms with Crippen LogP contribution >= 0.6 is 39.3 Å². The minimum atomic E-state index is -0.315. The van der Waals surface area contributed by atoms with Gasteiger partial charge in [-0.25, -0.2) is 0 Å². The third-order valence-corrected chi connectivity index (χ3v) is 7.45. The summed E-state index contributed by atoms with van der Waals surface area (Å²) in [6, 6.07) is 26.9. The van der Waals surface area contributed by atoms with Crippen molar-refractivity contribution in [1.29, 1.82) is 0 Å². The second kappa shape index (κ2) is 10.3. The van der Waals surface area contributed by atoms with Crippen LogP contribution in [-0.2, 0) is 17.9 Å². The Labute approximate surface area is 220 Å². The van der Waals surface area contributed by atoms with Gasteiger partial charge in [-0.15, -0.1) is 0 Å². The lowest BCUT2D eigenvalue weighted by molar-refractivity contribution is -0.123. The van der Waals surface area contributed by atoms with Gasteiger partial charge in [-0.2, -0.15) is 0 Å². The van der Waals surface area contributed by atoms with Gasteiger partial charge in [0.25, 0.3) is 11.1 Å². The number of hydrogen-bond donors (Lipinski definition) is 0. The molecule has 1 fully saturated rings. The lowest BCUT2D eigenvalue weighted by Crippen LogP contribution is -2.27. The molecule has 35 heavy (non-hydrogen) atoms. The molecule has 1 saturated heterocycles. The lowest BCUT2D eigenvalue weighted by atomic mass is 10.0. The van der Waals surface area contributed by atoms with E-state index in [-0.39, 0.29) is 24.3 Å². The van der Waals surface area contributed by atoms with Crippen molar-refractivity contribution in [2.45, 2.75) is 13.2 Å². The van der Waals surface area contributed by atoms with Crippen LogP contribution < -0.4 is 4.74 Å². The molecule has 0 N–H and O–H groups in total. The van der Waals surface area contributed by atoms with Gasteiger partial charge in [0.05, 0.1) is 11.4 Å². The van der Waals surface area contributed by atoms with Gasteiger partial charge in [-0.1, -0.05) is 88.2 Å². The average Bonchev–Trinajstić information content (AvgIpc) is 3.12. The van der Waals surface area contributed by atoms with Crippen LogP contribution in [0.25, 0.3) is 16.8 Å². The summed E-state index contributed by atoms with van der Waals surface area (Å²) < 4.78 is 6.87. The number of carbonyl (C=O) groups is 2. The largest absolute Gasteiger partial charge is 0.488 e. The van der Waals surface area contributed by atoms with Crippen molar-refractivity contribution in [2.75, 3.05) is 0 Å². The van der Waals surface area contributed by atoms with E-state index >= 15 is 0 Å². The third-order valence-electron chi connectivity index (χ3n) is 5.68. The molecular weight excluding hydrogens is 546 g/mol. The number of amides is 2. The zero-order valence-electron chi connectivity index (χ0n) is 18.4. The first-order valence-electron chi connectivity index (χ1n) is 10.9. The van der Waals surface area contributed by atoms with Crippen molar-refractivity contribution in [1.82, 2.24) is 4.90 Å². The maximum Gasteiger partial charge on any atom is 0.293 e. The standard InChI is InChI=1S/C28H19BrClNO3S/c29-22-12-13-25(34-17-20-7-2-4-11-24(20)30)21(14-22)15-26-27(32)31(28(33)35-26)16-19-9-5-8-18-6-1-3-10-23(18)19/h1-15H,16-17H2/b26-15-. The number of hydrogen-bond acceptors (Lipinski definition) is 4. The van der Waals surface area contributed by atoms with E-state index in [2.05, 4.69) is 15.9 Å². The molecular formula is C28H19BrClNO3S. The zero-order chi connectivity index (χ0) is 24.4. The van der Waals surface area contributed by atoms with Gasteiger partial charge in [-0.3, -0.25) is 14.5 Å².